The number of halogens is 2. The molecule has 0 aromatic heterocycles. The van der Waals surface area contributed by atoms with Crippen LogP contribution in [0.1, 0.15) is 25.0 Å². The van der Waals surface area contributed by atoms with Crippen LogP contribution in [0.3, 0.4) is 0 Å². The fraction of sp³-hybridized carbons (Fsp3) is 0.417. The predicted octanol–water partition coefficient (Wildman–Crippen LogP) is 4.80. The van der Waals surface area contributed by atoms with Crippen LogP contribution in [-0.2, 0) is 31.9 Å². The van der Waals surface area contributed by atoms with Gasteiger partial charge in [0.2, 0.25) is 0 Å². The van der Waals surface area contributed by atoms with Crippen molar-refractivity contribution in [1.82, 2.24) is 0 Å². The molecule has 0 saturated heterocycles. The Hall–Kier alpha value is -2.44. The summed E-state index contributed by atoms with van der Waals surface area (Å²) in [5.74, 6) is 0.174. The van der Waals surface area contributed by atoms with E-state index in [9.17, 15) is 9.59 Å². The number of rotatable bonds is 9. The lowest BCUT2D eigenvalue weighted by atomic mass is 9.94. The summed E-state index contributed by atoms with van der Waals surface area (Å²) in [4.78, 5) is 21.5. The molecule has 0 bridgehead atoms. The maximum Gasteiger partial charge on any atom is 0.326 e. The highest BCUT2D eigenvalue weighted by atomic mass is 35.5. The van der Waals surface area contributed by atoms with E-state index in [1.54, 1.807) is 28.1 Å². The van der Waals surface area contributed by atoms with Gasteiger partial charge in [-0.15, -0.1) is 23.2 Å². The fourth-order valence-corrected chi connectivity index (χ4v) is 3.87. The number of methoxy groups -OCH3 is 4. The first kappa shape index (κ1) is 25.8. The maximum atomic E-state index is 11.9. The van der Waals surface area contributed by atoms with Gasteiger partial charge in [0.15, 0.2) is 0 Å². The number of carbonyl (C=O) groups is 2. The lowest BCUT2D eigenvalue weighted by Crippen LogP contribution is -2.32. The Morgan fingerprint density at radius 1 is 0.719 bits per heavy atom. The molecule has 0 heterocycles. The van der Waals surface area contributed by atoms with Crippen molar-refractivity contribution in [3.8, 4) is 22.6 Å². The molecule has 174 valence electrons. The number of esters is 2. The lowest BCUT2D eigenvalue weighted by Gasteiger charge is -2.21. The third kappa shape index (κ3) is 5.87. The van der Waals surface area contributed by atoms with Crippen LogP contribution < -0.4 is 9.47 Å². The molecule has 0 aliphatic heterocycles. The number of hydrogen-bond donors (Lipinski definition) is 0. The van der Waals surface area contributed by atoms with Crippen LogP contribution in [0.5, 0.6) is 11.5 Å². The second-order valence-corrected chi connectivity index (χ2v) is 9.45. The first-order valence-electron chi connectivity index (χ1n) is 9.88. The molecule has 0 N–H and O–H groups in total. The molecule has 0 unspecified atom stereocenters. The minimum absolute atomic E-state index is 0.245. The quantitative estimate of drug-likeness (QED) is 0.377. The van der Waals surface area contributed by atoms with Gasteiger partial charge in [0.25, 0.3) is 0 Å². The van der Waals surface area contributed by atoms with Gasteiger partial charge in [0.1, 0.15) is 21.2 Å². The SMILES string of the molecule is COC(=O)[C@@](C)(Cl)Cc1ccc(-c2ccc(C[C@](C)(Cl)C(=O)OC)c(OC)c2)cc1OC. The predicted molar refractivity (Wildman–Crippen MR) is 125 cm³/mol. The Balaban J connectivity index is 2.37. The molecule has 2 rings (SSSR count). The number of carbonyl (C=O) groups excluding carboxylic acids is 2. The second-order valence-electron chi connectivity index (χ2n) is 7.78. The highest BCUT2D eigenvalue weighted by Gasteiger charge is 2.34. The van der Waals surface area contributed by atoms with Gasteiger partial charge in [-0.25, -0.2) is 0 Å². The number of alkyl halides is 2. The summed E-state index contributed by atoms with van der Waals surface area (Å²) in [6.45, 7) is 3.21. The number of benzene rings is 2. The molecule has 0 radical (unpaired) electrons. The second kappa shape index (κ2) is 10.5. The minimum Gasteiger partial charge on any atom is -0.496 e. The van der Waals surface area contributed by atoms with E-state index in [1.807, 2.05) is 36.4 Å². The van der Waals surface area contributed by atoms with E-state index in [2.05, 4.69) is 0 Å². The molecule has 0 aliphatic carbocycles. The van der Waals surface area contributed by atoms with Crippen molar-refractivity contribution in [3.63, 3.8) is 0 Å². The van der Waals surface area contributed by atoms with Crippen molar-refractivity contribution in [2.24, 2.45) is 0 Å². The van der Waals surface area contributed by atoms with Crippen molar-refractivity contribution in [2.45, 2.75) is 36.4 Å². The minimum atomic E-state index is -1.21. The van der Waals surface area contributed by atoms with E-state index < -0.39 is 21.7 Å². The summed E-state index contributed by atoms with van der Waals surface area (Å²) >= 11 is 12.7. The molecule has 2 atom stereocenters. The van der Waals surface area contributed by atoms with Crippen LogP contribution >= 0.6 is 23.2 Å². The largest absolute Gasteiger partial charge is 0.496 e. The normalized spacial score (nSPS) is 14.6. The van der Waals surface area contributed by atoms with Crippen molar-refractivity contribution < 1.29 is 28.5 Å². The van der Waals surface area contributed by atoms with Crippen LogP contribution in [0.4, 0.5) is 0 Å². The van der Waals surface area contributed by atoms with Crippen molar-refractivity contribution in [2.75, 3.05) is 28.4 Å². The summed E-state index contributed by atoms with van der Waals surface area (Å²) in [5, 5.41) is 0. The summed E-state index contributed by atoms with van der Waals surface area (Å²) in [6.07, 6.45) is 0.490. The number of ether oxygens (including phenoxy) is 4. The number of hydrogen-bond acceptors (Lipinski definition) is 6. The molecule has 0 amide bonds. The third-order valence-electron chi connectivity index (χ3n) is 5.17. The van der Waals surface area contributed by atoms with E-state index in [4.69, 9.17) is 42.1 Å². The first-order chi connectivity index (χ1) is 15.0. The molecule has 8 heteroatoms. The average molecular weight is 483 g/mol. The van der Waals surface area contributed by atoms with E-state index in [0.717, 1.165) is 22.3 Å². The van der Waals surface area contributed by atoms with Crippen LogP contribution in [0.2, 0.25) is 0 Å². The van der Waals surface area contributed by atoms with Crippen LogP contribution in [0.15, 0.2) is 36.4 Å². The Labute approximate surface area is 198 Å². The molecule has 32 heavy (non-hydrogen) atoms. The van der Waals surface area contributed by atoms with Gasteiger partial charge in [0, 0.05) is 12.8 Å². The zero-order valence-corrected chi connectivity index (χ0v) is 20.6. The molecule has 0 fully saturated rings. The van der Waals surface area contributed by atoms with Gasteiger partial charge in [0.05, 0.1) is 28.4 Å². The van der Waals surface area contributed by atoms with E-state index >= 15 is 0 Å². The highest BCUT2D eigenvalue weighted by molar-refractivity contribution is 6.34. The molecular weight excluding hydrogens is 455 g/mol. The van der Waals surface area contributed by atoms with E-state index in [1.165, 1.54) is 14.2 Å². The monoisotopic (exact) mass is 482 g/mol. The Bertz CT molecular complexity index is 905. The molecule has 2 aromatic rings. The van der Waals surface area contributed by atoms with E-state index in [-0.39, 0.29) is 12.8 Å². The summed E-state index contributed by atoms with van der Waals surface area (Å²) in [6, 6.07) is 11.3. The topological polar surface area (TPSA) is 71.1 Å². The summed E-state index contributed by atoms with van der Waals surface area (Å²) in [7, 11) is 5.73. The van der Waals surface area contributed by atoms with Crippen molar-refractivity contribution in [1.29, 1.82) is 0 Å². The Kier molecular flexibility index (Phi) is 8.43. The van der Waals surface area contributed by atoms with Gasteiger partial charge >= 0.3 is 11.9 Å². The van der Waals surface area contributed by atoms with Gasteiger partial charge in [-0.1, -0.05) is 24.3 Å². The van der Waals surface area contributed by atoms with Gasteiger partial charge in [-0.2, -0.15) is 0 Å². The molecular formula is C24H28Cl2O6. The standard InChI is InChI=1S/C24H28Cl2O6/c1-23(25,21(27)31-5)13-17-9-7-15(11-19(17)29-3)16-8-10-18(20(12-16)30-4)14-24(2,26)22(28)32-6/h7-12H,13-14H2,1-6H3/t23-,24-/m0/s1. The van der Waals surface area contributed by atoms with Gasteiger partial charge in [-0.3, -0.25) is 9.59 Å². The molecule has 2 aromatic carbocycles. The summed E-state index contributed by atoms with van der Waals surface area (Å²) < 4.78 is 20.6. The van der Waals surface area contributed by atoms with Gasteiger partial charge < -0.3 is 18.9 Å². The molecule has 0 spiro atoms. The third-order valence-corrected chi connectivity index (χ3v) is 5.75. The van der Waals surface area contributed by atoms with Gasteiger partial charge in [-0.05, 0) is 48.2 Å². The zero-order chi connectivity index (χ0) is 24.1. The van der Waals surface area contributed by atoms with Crippen molar-refractivity contribution in [3.05, 3.63) is 47.5 Å². The van der Waals surface area contributed by atoms with Crippen molar-refractivity contribution >= 4 is 35.1 Å². The fourth-order valence-electron chi connectivity index (χ4n) is 3.43. The average Bonchev–Trinajstić information content (AvgIpc) is 2.77. The van der Waals surface area contributed by atoms with E-state index in [0.29, 0.717) is 11.5 Å². The smallest absolute Gasteiger partial charge is 0.326 e. The highest BCUT2D eigenvalue weighted by Crippen LogP contribution is 2.35. The van der Waals surface area contributed by atoms with Crippen LogP contribution in [0, 0.1) is 0 Å². The summed E-state index contributed by atoms with van der Waals surface area (Å²) in [5.41, 5.74) is 3.32. The molecule has 0 saturated carbocycles. The lowest BCUT2D eigenvalue weighted by molar-refractivity contribution is -0.144. The maximum absolute atomic E-state index is 11.9. The zero-order valence-electron chi connectivity index (χ0n) is 19.1. The molecule has 6 nitrogen and oxygen atoms in total. The first-order valence-corrected chi connectivity index (χ1v) is 10.6. The molecule has 0 aliphatic rings. The Morgan fingerprint density at radius 2 is 1.06 bits per heavy atom. The van der Waals surface area contributed by atoms with Crippen LogP contribution in [0.25, 0.3) is 11.1 Å². The van der Waals surface area contributed by atoms with Crippen LogP contribution in [-0.4, -0.2) is 50.1 Å². The Morgan fingerprint density at radius 3 is 1.34 bits per heavy atom.